The van der Waals surface area contributed by atoms with Crippen LogP contribution in [0.25, 0.3) is 17.0 Å². The van der Waals surface area contributed by atoms with E-state index in [2.05, 4.69) is 20.7 Å². The molecule has 0 saturated carbocycles. The first-order valence-corrected chi connectivity index (χ1v) is 9.36. The summed E-state index contributed by atoms with van der Waals surface area (Å²) >= 11 is 5.88. The number of furan rings is 1. The molecule has 0 atom stereocenters. The normalized spacial score (nSPS) is 10.6. The quantitative estimate of drug-likeness (QED) is 0.480. The van der Waals surface area contributed by atoms with Crippen molar-refractivity contribution in [3.8, 4) is 17.0 Å². The molecule has 0 saturated heterocycles. The second-order valence-electron chi connectivity index (χ2n) is 6.26. The zero-order chi connectivity index (χ0) is 20.9. The highest BCUT2D eigenvalue weighted by Crippen LogP contribution is 2.23. The number of benzene rings is 1. The molecule has 0 fully saturated rings. The van der Waals surface area contributed by atoms with Gasteiger partial charge in [-0.3, -0.25) is 14.6 Å². The number of amides is 2. The average Bonchev–Trinajstić information content (AvgIpc) is 3.43. The van der Waals surface area contributed by atoms with E-state index >= 15 is 0 Å². The fourth-order valence-corrected chi connectivity index (χ4v) is 2.82. The summed E-state index contributed by atoms with van der Waals surface area (Å²) in [5, 5.41) is 9.83. The maximum atomic E-state index is 12.1. The number of anilines is 1. The minimum Gasteiger partial charge on any atom is -0.459 e. The molecule has 0 aliphatic carbocycles. The van der Waals surface area contributed by atoms with Gasteiger partial charge in [0.05, 0.1) is 12.2 Å². The van der Waals surface area contributed by atoms with Crippen LogP contribution in [0.2, 0.25) is 5.02 Å². The van der Waals surface area contributed by atoms with Crippen molar-refractivity contribution in [2.45, 2.75) is 6.54 Å². The fraction of sp³-hybridized carbons (Fsp3) is 0.0476. The highest BCUT2D eigenvalue weighted by atomic mass is 35.5. The van der Waals surface area contributed by atoms with Gasteiger partial charge in [0.25, 0.3) is 0 Å². The number of pyridine rings is 1. The van der Waals surface area contributed by atoms with Gasteiger partial charge < -0.3 is 15.1 Å². The van der Waals surface area contributed by atoms with E-state index in [1.165, 1.54) is 0 Å². The predicted molar refractivity (Wildman–Crippen MR) is 111 cm³/mol. The van der Waals surface area contributed by atoms with Crippen molar-refractivity contribution in [2.24, 2.45) is 0 Å². The van der Waals surface area contributed by atoms with Crippen molar-refractivity contribution in [2.75, 3.05) is 5.32 Å². The molecule has 0 aliphatic heterocycles. The van der Waals surface area contributed by atoms with E-state index in [0.717, 1.165) is 11.3 Å². The lowest BCUT2D eigenvalue weighted by atomic mass is 10.2. The van der Waals surface area contributed by atoms with Crippen LogP contribution in [0.5, 0.6) is 0 Å². The largest absolute Gasteiger partial charge is 0.459 e. The Hall–Kier alpha value is -3.91. The van der Waals surface area contributed by atoms with Gasteiger partial charge in [-0.25, -0.2) is 4.68 Å². The predicted octanol–water partition coefficient (Wildman–Crippen LogP) is 3.44. The maximum absolute atomic E-state index is 12.1. The van der Waals surface area contributed by atoms with Crippen LogP contribution >= 0.6 is 11.6 Å². The molecule has 0 spiro atoms. The minimum atomic E-state index is -0.820. The van der Waals surface area contributed by atoms with Gasteiger partial charge in [-0.15, -0.1) is 0 Å². The molecule has 30 heavy (non-hydrogen) atoms. The summed E-state index contributed by atoms with van der Waals surface area (Å²) in [6, 6.07) is 15.9. The van der Waals surface area contributed by atoms with E-state index in [-0.39, 0.29) is 12.4 Å². The van der Waals surface area contributed by atoms with Crippen LogP contribution in [0, 0.1) is 0 Å². The Bertz CT molecular complexity index is 1170. The first kappa shape index (κ1) is 19.4. The van der Waals surface area contributed by atoms with Crippen molar-refractivity contribution in [3.05, 3.63) is 84.0 Å². The van der Waals surface area contributed by atoms with E-state index in [1.807, 2.05) is 12.1 Å². The molecule has 2 amide bonds. The standard InChI is InChI=1S/C21H16ClN5O3/c22-15-3-1-14(2-4-15)18-6-5-17(30-18)13-24-20(28)21(29)25-19-9-12-27(26-19)16-7-10-23-11-8-16/h1-12H,13H2,(H,24,28)(H,25,26,29). The van der Waals surface area contributed by atoms with Crippen LogP contribution in [0.1, 0.15) is 5.76 Å². The van der Waals surface area contributed by atoms with Crippen LogP contribution in [-0.2, 0) is 16.1 Å². The van der Waals surface area contributed by atoms with E-state index in [1.54, 1.807) is 65.7 Å². The number of rotatable bonds is 5. The Morgan fingerprint density at radius 3 is 2.50 bits per heavy atom. The van der Waals surface area contributed by atoms with Gasteiger partial charge in [0, 0.05) is 35.2 Å². The lowest BCUT2D eigenvalue weighted by Gasteiger charge is -2.04. The van der Waals surface area contributed by atoms with Crippen molar-refractivity contribution in [3.63, 3.8) is 0 Å². The summed E-state index contributed by atoms with van der Waals surface area (Å²) in [6.45, 7) is 0.0747. The molecular formula is C21H16ClN5O3. The van der Waals surface area contributed by atoms with E-state index in [0.29, 0.717) is 16.5 Å². The molecular weight excluding hydrogens is 406 g/mol. The van der Waals surface area contributed by atoms with Gasteiger partial charge in [-0.1, -0.05) is 11.6 Å². The Morgan fingerprint density at radius 2 is 1.73 bits per heavy atom. The van der Waals surface area contributed by atoms with Crippen molar-refractivity contribution < 1.29 is 14.0 Å². The third-order valence-corrected chi connectivity index (χ3v) is 4.43. The summed E-state index contributed by atoms with van der Waals surface area (Å²) < 4.78 is 7.27. The summed E-state index contributed by atoms with van der Waals surface area (Å²) in [7, 11) is 0. The molecule has 150 valence electrons. The fourth-order valence-electron chi connectivity index (χ4n) is 2.69. The van der Waals surface area contributed by atoms with E-state index in [9.17, 15) is 9.59 Å². The molecule has 0 radical (unpaired) electrons. The molecule has 4 rings (SSSR count). The molecule has 1 aromatic carbocycles. The Kier molecular flexibility index (Phi) is 5.58. The average molecular weight is 422 g/mol. The number of hydrogen-bond donors (Lipinski definition) is 2. The van der Waals surface area contributed by atoms with Gasteiger partial charge >= 0.3 is 11.8 Å². The first-order valence-electron chi connectivity index (χ1n) is 8.98. The molecule has 8 nitrogen and oxygen atoms in total. The van der Waals surface area contributed by atoms with Gasteiger partial charge in [-0.2, -0.15) is 5.10 Å². The van der Waals surface area contributed by atoms with Gasteiger partial charge in [0.1, 0.15) is 11.5 Å². The van der Waals surface area contributed by atoms with E-state index in [4.69, 9.17) is 16.0 Å². The Morgan fingerprint density at radius 1 is 0.967 bits per heavy atom. The van der Waals surface area contributed by atoms with Crippen molar-refractivity contribution in [1.29, 1.82) is 0 Å². The lowest BCUT2D eigenvalue weighted by molar-refractivity contribution is -0.136. The van der Waals surface area contributed by atoms with Crippen molar-refractivity contribution >= 4 is 29.2 Å². The molecule has 3 aromatic heterocycles. The second-order valence-corrected chi connectivity index (χ2v) is 6.70. The molecule has 0 bridgehead atoms. The zero-order valence-electron chi connectivity index (χ0n) is 15.6. The molecule has 4 aromatic rings. The summed E-state index contributed by atoms with van der Waals surface area (Å²) in [4.78, 5) is 28.1. The molecule has 3 heterocycles. The number of carbonyl (C=O) groups is 2. The molecule has 0 aliphatic rings. The number of halogens is 1. The zero-order valence-corrected chi connectivity index (χ0v) is 16.3. The summed E-state index contributed by atoms with van der Waals surface area (Å²) in [6.07, 6.45) is 4.94. The van der Waals surface area contributed by atoms with Gasteiger partial charge in [-0.05, 0) is 48.5 Å². The third-order valence-electron chi connectivity index (χ3n) is 4.18. The van der Waals surface area contributed by atoms with Gasteiger partial charge in [0.15, 0.2) is 5.82 Å². The molecule has 2 N–H and O–H groups in total. The Balaban J connectivity index is 1.32. The topological polar surface area (TPSA) is 102 Å². The molecule has 9 heteroatoms. The SMILES string of the molecule is O=C(NCc1ccc(-c2ccc(Cl)cc2)o1)C(=O)Nc1ccn(-c2ccncc2)n1. The van der Waals surface area contributed by atoms with Crippen LogP contribution in [0.3, 0.4) is 0 Å². The summed E-state index contributed by atoms with van der Waals surface area (Å²) in [5.74, 6) is -0.197. The first-order chi connectivity index (χ1) is 14.6. The number of aromatic nitrogens is 3. The molecule has 0 unspecified atom stereocenters. The van der Waals surface area contributed by atoms with Gasteiger partial charge in [0.2, 0.25) is 0 Å². The minimum absolute atomic E-state index is 0.0747. The van der Waals surface area contributed by atoms with Crippen LogP contribution in [-0.4, -0.2) is 26.6 Å². The lowest BCUT2D eigenvalue weighted by Crippen LogP contribution is -2.35. The van der Waals surface area contributed by atoms with Crippen LogP contribution in [0.15, 0.2) is 77.6 Å². The Labute approximate surface area is 176 Å². The number of hydrogen-bond acceptors (Lipinski definition) is 5. The highest BCUT2D eigenvalue weighted by Gasteiger charge is 2.16. The number of nitrogens with zero attached hydrogens (tertiary/aromatic N) is 3. The maximum Gasteiger partial charge on any atom is 0.314 e. The number of carbonyl (C=O) groups excluding carboxylic acids is 2. The van der Waals surface area contributed by atoms with E-state index < -0.39 is 11.8 Å². The highest BCUT2D eigenvalue weighted by molar-refractivity contribution is 6.39. The smallest absolute Gasteiger partial charge is 0.314 e. The second kappa shape index (κ2) is 8.62. The van der Waals surface area contributed by atoms with Crippen LogP contribution < -0.4 is 10.6 Å². The monoisotopic (exact) mass is 421 g/mol. The third kappa shape index (κ3) is 4.56. The number of nitrogens with one attached hydrogen (secondary N) is 2. The van der Waals surface area contributed by atoms with Crippen molar-refractivity contribution in [1.82, 2.24) is 20.1 Å². The van der Waals surface area contributed by atoms with Crippen LogP contribution in [0.4, 0.5) is 5.82 Å². The summed E-state index contributed by atoms with van der Waals surface area (Å²) in [5.41, 5.74) is 1.64.